The van der Waals surface area contributed by atoms with E-state index < -0.39 is 0 Å². The van der Waals surface area contributed by atoms with E-state index in [9.17, 15) is 4.39 Å². The van der Waals surface area contributed by atoms with Gasteiger partial charge in [-0.1, -0.05) is 38.5 Å². The van der Waals surface area contributed by atoms with Gasteiger partial charge in [-0.3, -0.25) is 0 Å². The molecule has 2 nitrogen and oxygen atoms in total. The molecule has 1 unspecified atom stereocenters. The summed E-state index contributed by atoms with van der Waals surface area (Å²) in [5, 5.41) is 3.34. The maximum Gasteiger partial charge on any atom is 0.123 e. The zero-order chi connectivity index (χ0) is 14.4. The van der Waals surface area contributed by atoms with Crippen LogP contribution >= 0.6 is 0 Å². The lowest BCUT2D eigenvalue weighted by Crippen LogP contribution is -2.20. The van der Waals surface area contributed by atoms with E-state index in [0.29, 0.717) is 0 Å². The van der Waals surface area contributed by atoms with Gasteiger partial charge >= 0.3 is 0 Å². The zero-order valence-electron chi connectivity index (χ0n) is 12.6. The Morgan fingerprint density at radius 2 is 1.95 bits per heavy atom. The van der Waals surface area contributed by atoms with Crippen LogP contribution in [0.3, 0.4) is 0 Å². The minimum atomic E-state index is -0.193. The SMILES string of the molecule is CNC(CC1CCCCCC1)c1cc(F)ccc1OC. The number of nitrogens with one attached hydrogen (secondary N) is 1. The molecule has 3 heteroatoms. The molecule has 1 aliphatic carbocycles. The maximum atomic E-state index is 13.5. The average Bonchev–Trinajstić information content (AvgIpc) is 2.73. The molecule has 1 saturated carbocycles. The lowest BCUT2D eigenvalue weighted by atomic mass is 9.89. The van der Waals surface area contributed by atoms with E-state index in [1.54, 1.807) is 19.2 Å². The van der Waals surface area contributed by atoms with Gasteiger partial charge in [0.15, 0.2) is 0 Å². The fourth-order valence-corrected chi connectivity index (χ4v) is 3.31. The van der Waals surface area contributed by atoms with Crippen LogP contribution in [0.1, 0.15) is 56.6 Å². The van der Waals surface area contributed by atoms with Crippen molar-refractivity contribution in [2.45, 2.75) is 51.0 Å². The third-order valence-corrected chi connectivity index (χ3v) is 4.46. The average molecular weight is 279 g/mol. The summed E-state index contributed by atoms with van der Waals surface area (Å²) in [4.78, 5) is 0. The van der Waals surface area contributed by atoms with Gasteiger partial charge in [-0.25, -0.2) is 4.39 Å². The number of hydrogen-bond acceptors (Lipinski definition) is 2. The fourth-order valence-electron chi connectivity index (χ4n) is 3.31. The molecule has 1 fully saturated rings. The lowest BCUT2D eigenvalue weighted by molar-refractivity contribution is 0.351. The molecule has 0 aliphatic heterocycles. The Kier molecular flexibility index (Phi) is 5.84. The summed E-state index contributed by atoms with van der Waals surface area (Å²) in [5.74, 6) is 1.32. The van der Waals surface area contributed by atoms with E-state index >= 15 is 0 Å². The Morgan fingerprint density at radius 1 is 1.25 bits per heavy atom. The third kappa shape index (κ3) is 3.95. The summed E-state index contributed by atoms with van der Waals surface area (Å²) in [6.45, 7) is 0. The van der Waals surface area contributed by atoms with Crippen LogP contribution in [-0.4, -0.2) is 14.2 Å². The first-order valence-corrected chi connectivity index (χ1v) is 7.75. The van der Waals surface area contributed by atoms with Crippen molar-refractivity contribution in [3.63, 3.8) is 0 Å². The van der Waals surface area contributed by atoms with Crippen molar-refractivity contribution in [1.29, 1.82) is 0 Å². The normalized spacial score (nSPS) is 18.6. The van der Waals surface area contributed by atoms with Crippen molar-refractivity contribution in [3.05, 3.63) is 29.6 Å². The number of rotatable bonds is 5. The highest BCUT2D eigenvalue weighted by atomic mass is 19.1. The first-order valence-electron chi connectivity index (χ1n) is 7.75. The predicted molar refractivity (Wildman–Crippen MR) is 80.6 cm³/mol. The molecule has 0 amide bonds. The van der Waals surface area contributed by atoms with E-state index in [-0.39, 0.29) is 11.9 Å². The summed E-state index contributed by atoms with van der Waals surface area (Å²) in [5.41, 5.74) is 0.944. The van der Waals surface area contributed by atoms with Gasteiger partial charge < -0.3 is 10.1 Å². The van der Waals surface area contributed by atoms with Crippen LogP contribution in [0, 0.1) is 11.7 Å². The molecule has 20 heavy (non-hydrogen) atoms. The molecule has 1 atom stereocenters. The van der Waals surface area contributed by atoms with Crippen molar-refractivity contribution in [2.24, 2.45) is 5.92 Å². The highest BCUT2D eigenvalue weighted by Gasteiger charge is 2.21. The van der Waals surface area contributed by atoms with Gasteiger partial charge in [-0.2, -0.15) is 0 Å². The van der Waals surface area contributed by atoms with Crippen molar-refractivity contribution < 1.29 is 9.13 Å². The highest BCUT2D eigenvalue weighted by Crippen LogP contribution is 2.34. The lowest BCUT2D eigenvalue weighted by Gasteiger charge is -2.24. The van der Waals surface area contributed by atoms with E-state index in [1.165, 1.54) is 44.6 Å². The van der Waals surface area contributed by atoms with Gasteiger partial charge in [0.05, 0.1) is 7.11 Å². The van der Waals surface area contributed by atoms with Crippen molar-refractivity contribution in [2.75, 3.05) is 14.2 Å². The van der Waals surface area contributed by atoms with E-state index in [2.05, 4.69) is 5.32 Å². The Morgan fingerprint density at radius 3 is 2.55 bits per heavy atom. The van der Waals surface area contributed by atoms with E-state index in [4.69, 9.17) is 4.74 Å². The minimum absolute atomic E-state index is 0.170. The van der Waals surface area contributed by atoms with Crippen molar-refractivity contribution in [3.8, 4) is 5.75 Å². The summed E-state index contributed by atoms with van der Waals surface area (Å²) in [6, 6.07) is 4.96. The Hall–Kier alpha value is -1.09. The number of methoxy groups -OCH3 is 1. The van der Waals surface area contributed by atoms with Crippen LogP contribution < -0.4 is 10.1 Å². The monoisotopic (exact) mass is 279 g/mol. The summed E-state index contributed by atoms with van der Waals surface area (Å²) in [7, 11) is 3.60. The van der Waals surface area contributed by atoms with Gasteiger partial charge in [0.25, 0.3) is 0 Å². The van der Waals surface area contributed by atoms with E-state index in [0.717, 1.165) is 23.7 Å². The number of ether oxygens (including phenoxy) is 1. The molecule has 0 heterocycles. The van der Waals surface area contributed by atoms with Crippen molar-refractivity contribution >= 4 is 0 Å². The molecule has 1 aromatic carbocycles. The minimum Gasteiger partial charge on any atom is -0.496 e. The first kappa shape index (κ1) is 15.3. The van der Waals surface area contributed by atoms with E-state index in [1.807, 2.05) is 7.05 Å². The molecule has 0 aromatic heterocycles. The molecule has 0 saturated heterocycles. The van der Waals surface area contributed by atoms with Crippen LogP contribution in [0.5, 0.6) is 5.75 Å². The largest absolute Gasteiger partial charge is 0.496 e. The quantitative estimate of drug-likeness (QED) is 0.804. The Bertz CT molecular complexity index is 413. The molecule has 0 bridgehead atoms. The molecular weight excluding hydrogens is 253 g/mol. The van der Waals surface area contributed by atoms with Crippen LogP contribution in [0.2, 0.25) is 0 Å². The predicted octanol–water partition coefficient (Wildman–Crippen LogP) is 4.46. The second kappa shape index (κ2) is 7.63. The Labute approximate surface area is 121 Å². The smallest absolute Gasteiger partial charge is 0.123 e. The van der Waals surface area contributed by atoms with Gasteiger partial charge in [0.1, 0.15) is 11.6 Å². The molecule has 2 rings (SSSR count). The first-order chi connectivity index (χ1) is 9.74. The maximum absolute atomic E-state index is 13.5. The molecule has 1 N–H and O–H groups in total. The number of benzene rings is 1. The summed E-state index contributed by atoms with van der Waals surface area (Å²) in [6.07, 6.45) is 9.07. The molecule has 1 aliphatic rings. The molecule has 1 aromatic rings. The van der Waals surface area contributed by atoms with Crippen LogP contribution in [0.25, 0.3) is 0 Å². The summed E-state index contributed by atoms with van der Waals surface area (Å²) < 4.78 is 18.9. The number of hydrogen-bond donors (Lipinski definition) is 1. The summed E-state index contributed by atoms with van der Waals surface area (Å²) >= 11 is 0. The standard InChI is InChI=1S/C17H26FNO/c1-19-16(11-13-7-5-3-4-6-8-13)15-12-14(18)9-10-17(15)20-2/h9-10,12-13,16,19H,3-8,11H2,1-2H3. The van der Waals surface area contributed by atoms with Crippen LogP contribution in [0.15, 0.2) is 18.2 Å². The zero-order valence-corrected chi connectivity index (χ0v) is 12.6. The topological polar surface area (TPSA) is 21.3 Å². The van der Waals surface area contributed by atoms with Gasteiger partial charge in [0, 0.05) is 11.6 Å². The molecule has 112 valence electrons. The Balaban J connectivity index is 2.12. The molecule has 0 spiro atoms. The highest BCUT2D eigenvalue weighted by molar-refractivity contribution is 5.36. The molecular formula is C17H26FNO. The number of halogens is 1. The van der Waals surface area contributed by atoms with Crippen molar-refractivity contribution in [1.82, 2.24) is 5.32 Å². The third-order valence-electron chi connectivity index (χ3n) is 4.46. The van der Waals surface area contributed by atoms with Crippen LogP contribution in [-0.2, 0) is 0 Å². The van der Waals surface area contributed by atoms with Gasteiger partial charge in [-0.15, -0.1) is 0 Å². The fraction of sp³-hybridized carbons (Fsp3) is 0.647. The second-order valence-corrected chi connectivity index (χ2v) is 5.82. The van der Waals surface area contributed by atoms with Gasteiger partial charge in [0.2, 0.25) is 0 Å². The molecule has 0 radical (unpaired) electrons. The van der Waals surface area contributed by atoms with Gasteiger partial charge in [-0.05, 0) is 37.6 Å². The van der Waals surface area contributed by atoms with Crippen LogP contribution in [0.4, 0.5) is 4.39 Å². The second-order valence-electron chi connectivity index (χ2n) is 5.82.